The molecule has 2 rings (SSSR count). The number of nitrogens with two attached hydrogens (primary N) is 1. The zero-order valence-electron chi connectivity index (χ0n) is 9.99. The van der Waals surface area contributed by atoms with Crippen LogP contribution in [0.25, 0.3) is 11.3 Å². The fourth-order valence-electron chi connectivity index (χ4n) is 1.87. The first kappa shape index (κ1) is 11.8. The maximum absolute atomic E-state index is 6.07. The highest BCUT2D eigenvalue weighted by Gasteiger charge is 2.14. The third-order valence-corrected chi connectivity index (χ3v) is 2.96. The summed E-state index contributed by atoms with van der Waals surface area (Å²) in [5.41, 5.74) is 8.48. The minimum absolute atomic E-state index is 0.458. The number of ether oxygens (including phenoxy) is 1. The second-order valence-electron chi connectivity index (χ2n) is 3.86. The second kappa shape index (κ2) is 4.30. The van der Waals surface area contributed by atoms with Crippen LogP contribution in [0.5, 0.6) is 5.75 Å². The maximum Gasteiger partial charge on any atom is 0.200 e. The first-order valence-corrected chi connectivity index (χ1v) is 5.54. The van der Waals surface area contributed by atoms with E-state index in [0.29, 0.717) is 11.0 Å². The van der Waals surface area contributed by atoms with Crippen molar-refractivity contribution in [3.8, 4) is 17.0 Å². The number of methoxy groups -OCH3 is 1. The number of nitrogens with zero attached hydrogens (tertiary/aromatic N) is 2. The number of aromatic nitrogens is 2. The topological polar surface area (TPSA) is 53.1 Å². The highest BCUT2D eigenvalue weighted by molar-refractivity contribution is 6.31. The van der Waals surface area contributed by atoms with Crippen molar-refractivity contribution >= 4 is 17.5 Å². The molecule has 0 aliphatic rings. The monoisotopic (exact) mass is 251 g/mol. The molecule has 0 saturated heterocycles. The third-order valence-electron chi connectivity index (χ3n) is 2.74. The van der Waals surface area contributed by atoms with Crippen molar-refractivity contribution in [3.05, 3.63) is 28.9 Å². The van der Waals surface area contributed by atoms with Crippen molar-refractivity contribution in [2.75, 3.05) is 12.8 Å². The molecule has 0 unspecified atom stereocenters. The molecule has 0 aliphatic carbocycles. The minimum atomic E-state index is 0.458. The van der Waals surface area contributed by atoms with Crippen molar-refractivity contribution < 1.29 is 4.74 Å². The molecular weight excluding hydrogens is 238 g/mol. The van der Waals surface area contributed by atoms with Gasteiger partial charge in [-0.25, -0.2) is 4.98 Å². The van der Waals surface area contributed by atoms with Gasteiger partial charge in [-0.15, -0.1) is 0 Å². The third kappa shape index (κ3) is 1.96. The van der Waals surface area contributed by atoms with Crippen LogP contribution in [0.15, 0.2) is 18.3 Å². The van der Waals surface area contributed by atoms with E-state index in [1.807, 2.05) is 26.1 Å². The molecule has 5 heteroatoms. The molecule has 0 aliphatic heterocycles. The van der Waals surface area contributed by atoms with Gasteiger partial charge in [0.25, 0.3) is 0 Å². The Balaban J connectivity index is 2.70. The summed E-state index contributed by atoms with van der Waals surface area (Å²) in [7, 11) is 3.49. The van der Waals surface area contributed by atoms with Crippen LogP contribution in [0.1, 0.15) is 5.56 Å². The van der Waals surface area contributed by atoms with Crippen molar-refractivity contribution in [3.63, 3.8) is 0 Å². The number of imidazole rings is 1. The fourth-order valence-corrected chi connectivity index (χ4v) is 2.14. The Bertz CT molecular complexity index is 563. The van der Waals surface area contributed by atoms with Crippen molar-refractivity contribution in [2.45, 2.75) is 6.92 Å². The smallest absolute Gasteiger partial charge is 0.200 e. The van der Waals surface area contributed by atoms with Gasteiger partial charge in [0.15, 0.2) is 5.95 Å². The van der Waals surface area contributed by atoms with E-state index >= 15 is 0 Å². The Kier molecular flexibility index (Phi) is 2.98. The molecule has 0 radical (unpaired) electrons. The van der Waals surface area contributed by atoms with Crippen LogP contribution >= 0.6 is 11.6 Å². The summed E-state index contributed by atoms with van der Waals surface area (Å²) in [5, 5.41) is 0.665. The van der Waals surface area contributed by atoms with Gasteiger partial charge in [0.2, 0.25) is 0 Å². The SMILES string of the molecule is COc1c(C)cc(Cl)cc1-c1cnc(N)n1C. The van der Waals surface area contributed by atoms with Crippen molar-refractivity contribution in [1.82, 2.24) is 9.55 Å². The van der Waals surface area contributed by atoms with Crippen LogP contribution in [0.4, 0.5) is 5.95 Å². The van der Waals surface area contributed by atoms with Crippen LogP contribution in [-0.2, 0) is 7.05 Å². The van der Waals surface area contributed by atoms with Gasteiger partial charge in [-0.05, 0) is 24.6 Å². The normalized spacial score (nSPS) is 10.6. The van der Waals surface area contributed by atoms with E-state index in [9.17, 15) is 0 Å². The molecule has 1 aromatic carbocycles. The zero-order valence-corrected chi connectivity index (χ0v) is 10.7. The first-order valence-electron chi connectivity index (χ1n) is 5.16. The quantitative estimate of drug-likeness (QED) is 0.893. The van der Waals surface area contributed by atoms with Gasteiger partial charge in [-0.2, -0.15) is 0 Å². The van der Waals surface area contributed by atoms with Crippen LogP contribution < -0.4 is 10.5 Å². The molecule has 17 heavy (non-hydrogen) atoms. The number of nitrogen functional groups attached to an aromatic ring is 1. The van der Waals surface area contributed by atoms with Gasteiger partial charge in [0, 0.05) is 17.6 Å². The summed E-state index contributed by atoms with van der Waals surface area (Å²) < 4.78 is 7.21. The first-order chi connectivity index (χ1) is 8.04. The van der Waals surface area contributed by atoms with Crippen LogP contribution in [0, 0.1) is 6.92 Å². The molecule has 2 aromatic rings. The zero-order chi connectivity index (χ0) is 12.6. The predicted molar refractivity (Wildman–Crippen MR) is 69.4 cm³/mol. The average molecular weight is 252 g/mol. The predicted octanol–water partition coefficient (Wildman–Crippen LogP) is 2.64. The van der Waals surface area contributed by atoms with Crippen LogP contribution in [0.2, 0.25) is 5.02 Å². The van der Waals surface area contributed by atoms with E-state index in [4.69, 9.17) is 22.1 Å². The summed E-state index contributed by atoms with van der Waals surface area (Å²) in [6.07, 6.45) is 1.71. The molecule has 90 valence electrons. The Hall–Kier alpha value is -1.68. The molecular formula is C12H14ClN3O. The minimum Gasteiger partial charge on any atom is -0.496 e. The lowest BCUT2D eigenvalue weighted by atomic mass is 10.1. The summed E-state index contributed by atoms with van der Waals surface area (Å²) in [6.45, 7) is 1.95. The molecule has 2 N–H and O–H groups in total. The van der Waals surface area contributed by atoms with E-state index in [-0.39, 0.29) is 0 Å². The van der Waals surface area contributed by atoms with Crippen molar-refractivity contribution in [2.24, 2.45) is 7.05 Å². The lowest BCUT2D eigenvalue weighted by molar-refractivity contribution is 0.413. The Morgan fingerprint density at radius 3 is 2.65 bits per heavy atom. The van der Waals surface area contributed by atoms with Gasteiger partial charge in [0.1, 0.15) is 5.75 Å². The van der Waals surface area contributed by atoms with Gasteiger partial charge in [0.05, 0.1) is 19.0 Å². The number of anilines is 1. The van der Waals surface area contributed by atoms with E-state index in [0.717, 1.165) is 22.6 Å². The summed E-state index contributed by atoms with van der Waals surface area (Å²) in [6, 6.07) is 3.72. The molecule has 1 heterocycles. The van der Waals surface area contributed by atoms with E-state index in [1.54, 1.807) is 17.9 Å². The summed E-state index contributed by atoms with van der Waals surface area (Å²) >= 11 is 6.07. The molecule has 0 spiro atoms. The van der Waals surface area contributed by atoms with E-state index < -0.39 is 0 Å². The van der Waals surface area contributed by atoms with Gasteiger partial charge < -0.3 is 15.0 Å². The second-order valence-corrected chi connectivity index (χ2v) is 4.30. The number of aryl methyl sites for hydroxylation is 1. The maximum atomic E-state index is 6.07. The van der Waals surface area contributed by atoms with E-state index in [2.05, 4.69) is 4.98 Å². The molecule has 0 atom stereocenters. The lowest BCUT2D eigenvalue weighted by Crippen LogP contribution is -2.00. The average Bonchev–Trinajstić information content (AvgIpc) is 2.59. The Morgan fingerprint density at radius 2 is 2.12 bits per heavy atom. The van der Waals surface area contributed by atoms with Gasteiger partial charge in [-0.1, -0.05) is 11.6 Å². The number of hydrogen-bond donors (Lipinski definition) is 1. The summed E-state index contributed by atoms with van der Waals surface area (Å²) in [5.74, 6) is 1.25. The largest absolute Gasteiger partial charge is 0.496 e. The van der Waals surface area contributed by atoms with E-state index in [1.165, 1.54) is 0 Å². The number of hydrogen-bond acceptors (Lipinski definition) is 3. The summed E-state index contributed by atoms with van der Waals surface area (Å²) in [4.78, 5) is 4.07. The molecule has 0 amide bonds. The number of halogens is 1. The Labute approximate surface area is 105 Å². The van der Waals surface area contributed by atoms with Crippen LogP contribution in [0.3, 0.4) is 0 Å². The fraction of sp³-hybridized carbons (Fsp3) is 0.250. The molecule has 0 fully saturated rings. The molecule has 4 nitrogen and oxygen atoms in total. The van der Waals surface area contributed by atoms with Crippen molar-refractivity contribution in [1.29, 1.82) is 0 Å². The lowest BCUT2D eigenvalue weighted by Gasteiger charge is -2.12. The van der Waals surface area contributed by atoms with Crippen LogP contribution in [-0.4, -0.2) is 16.7 Å². The molecule has 0 bridgehead atoms. The molecule has 0 saturated carbocycles. The Morgan fingerprint density at radius 1 is 1.41 bits per heavy atom. The van der Waals surface area contributed by atoms with Gasteiger partial charge in [-0.3, -0.25) is 0 Å². The highest BCUT2D eigenvalue weighted by atomic mass is 35.5. The highest BCUT2D eigenvalue weighted by Crippen LogP contribution is 2.35. The molecule has 1 aromatic heterocycles. The number of rotatable bonds is 2. The van der Waals surface area contributed by atoms with Gasteiger partial charge >= 0.3 is 0 Å². The standard InChI is InChI=1S/C12H14ClN3O/c1-7-4-8(13)5-9(11(7)17-3)10-6-15-12(14)16(10)2/h4-6H,1-3H3,(H2,14,15). The number of benzene rings is 1.